The van der Waals surface area contributed by atoms with Crippen LogP contribution in [-0.4, -0.2) is 26.3 Å². The summed E-state index contributed by atoms with van der Waals surface area (Å²) in [6.45, 7) is 0.593. The molecule has 2 bridgehead atoms. The number of aromatic nitrogens is 2. The molecular weight excluding hydrogens is 426 g/mol. The molecule has 4 aliphatic rings. The zero-order valence-corrected chi connectivity index (χ0v) is 18.2. The van der Waals surface area contributed by atoms with E-state index in [0.29, 0.717) is 24.9 Å². The molecule has 2 aromatic carbocycles. The normalized spacial score (nSPS) is 28.0. The molecule has 8 heteroatoms. The van der Waals surface area contributed by atoms with Gasteiger partial charge in [0.25, 0.3) is 0 Å². The average molecular weight is 450 g/mol. The first-order valence-corrected chi connectivity index (χ1v) is 11.3. The highest BCUT2D eigenvalue weighted by molar-refractivity contribution is 5.83. The summed E-state index contributed by atoms with van der Waals surface area (Å²) < 4.78 is 31.0. The minimum Gasteiger partial charge on any atom is -0.295 e. The second-order valence-electron chi connectivity index (χ2n) is 9.83. The number of nitrogens with zero attached hydrogens (tertiary/aromatic N) is 4. The molecule has 6 nitrogen and oxygen atoms in total. The first-order chi connectivity index (χ1) is 15.8. The maximum Gasteiger partial charge on any atom is 0.328 e. The smallest absolute Gasteiger partial charge is 0.295 e. The molecular formula is C25H24F2N4O2. The van der Waals surface area contributed by atoms with Gasteiger partial charge in [0, 0.05) is 38.2 Å². The van der Waals surface area contributed by atoms with Crippen molar-refractivity contribution in [1.29, 1.82) is 0 Å². The summed E-state index contributed by atoms with van der Waals surface area (Å²) in [7, 11) is 1.78. The number of para-hydroxylation sites is 2. The highest BCUT2D eigenvalue weighted by Gasteiger charge is 2.59. The minimum atomic E-state index is -0.660. The van der Waals surface area contributed by atoms with Crippen LogP contribution in [0.25, 0.3) is 11.0 Å². The van der Waals surface area contributed by atoms with E-state index in [1.165, 1.54) is 17.1 Å². The highest BCUT2D eigenvalue weighted by atomic mass is 19.1. The number of amides is 1. The number of carbonyl (C=O) groups excluding carboxylic acids is 1. The van der Waals surface area contributed by atoms with Crippen molar-refractivity contribution in [3.8, 4) is 0 Å². The molecule has 3 saturated carbocycles. The van der Waals surface area contributed by atoms with Crippen molar-refractivity contribution in [1.82, 2.24) is 14.1 Å². The van der Waals surface area contributed by atoms with E-state index in [1.807, 2.05) is 28.8 Å². The summed E-state index contributed by atoms with van der Waals surface area (Å²) in [5, 5.41) is 5.68. The Balaban J connectivity index is 1.23. The third-order valence-electron chi connectivity index (χ3n) is 7.80. The second kappa shape index (κ2) is 7.10. The highest BCUT2D eigenvalue weighted by Crippen LogP contribution is 2.63. The van der Waals surface area contributed by atoms with Crippen molar-refractivity contribution in [2.45, 2.75) is 38.3 Å². The third kappa shape index (κ3) is 3.07. The molecule has 170 valence electrons. The summed E-state index contributed by atoms with van der Waals surface area (Å²) in [5.74, 6) is -1.34. The van der Waals surface area contributed by atoms with Crippen LogP contribution in [0, 0.1) is 28.9 Å². The lowest BCUT2D eigenvalue weighted by Gasteiger charge is -2.38. The number of imidazole rings is 1. The molecule has 0 N–H and O–H groups in total. The molecule has 1 unspecified atom stereocenters. The van der Waals surface area contributed by atoms with Crippen molar-refractivity contribution in [3.63, 3.8) is 0 Å². The molecule has 2 heterocycles. The fraction of sp³-hybridized carbons (Fsp3) is 0.400. The summed E-state index contributed by atoms with van der Waals surface area (Å²) in [5.41, 5.74) is 2.11. The number of hydrogen-bond acceptors (Lipinski definition) is 3. The minimum absolute atomic E-state index is 0.0406. The monoisotopic (exact) mass is 450 g/mol. The van der Waals surface area contributed by atoms with E-state index in [-0.39, 0.29) is 28.8 Å². The molecule has 0 spiro atoms. The predicted octanol–water partition coefficient (Wildman–Crippen LogP) is 3.99. The number of hydrazone groups is 1. The SMILES string of the molecule is Cn1c(=O)n(CC23CC(C2)[C@@H](C(=O)N2N=CCC2c2cc(F)cc(F)c2)C3)c2ccccc21. The van der Waals surface area contributed by atoms with Gasteiger partial charge >= 0.3 is 5.69 Å². The van der Waals surface area contributed by atoms with E-state index in [9.17, 15) is 18.4 Å². The van der Waals surface area contributed by atoms with Gasteiger partial charge in [0.15, 0.2) is 0 Å². The van der Waals surface area contributed by atoms with Crippen molar-refractivity contribution in [3.05, 3.63) is 70.1 Å². The molecule has 1 aromatic heterocycles. The molecule has 33 heavy (non-hydrogen) atoms. The number of aryl methyl sites for hydroxylation is 1. The van der Waals surface area contributed by atoms with E-state index in [2.05, 4.69) is 5.10 Å². The van der Waals surface area contributed by atoms with Crippen LogP contribution in [-0.2, 0) is 18.4 Å². The molecule has 3 aliphatic carbocycles. The van der Waals surface area contributed by atoms with Crippen LogP contribution in [0.2, 0.25) is 0 Å². The van der Waals surface area contributed by atoms with Crippen LogP contribution in [0.15, 0.2) is 52.4 Å². The van der Waals surface area contributed by atoms with E-state index in [0.717, 1.165) is 29.9 Å². The fourth-order valence-corrected chi connectivity index (χ4v) is 6.31. The molecule has 0 radical (unpaired) electrons. The zero-order valence-electron chi connectivity index (χ0n) is 18.2. The second-order valence-corrected chi connectivity index (χ2v) is 9.83. The Morgan fingerprint density at radius 1 is 1.09 bits per heavy atom. The van der Waals surface area contributed by atoms with Gasteiger partial charge in [-0.2, -0.15) is 5.10 Å². The van der Waals surface area contributed by atoms with Crippen LogP contribution in [0.1, 0.15) is 37.3 Å². The quantitative estimate of drug-likeness (QED) is 0.604. The molecule has 3 aromatic rings. The Bertz CT molecular complexity index is 1350. The van der Waals surface area contributed by atoms with E-state index in [4.69, 9.17) is 0 Å². The van der Waals surface area contributed by atoms with Gasteiger partial charge in [-0.15, -0.1) is 0 Å². The van der Waals surface area contributed by atoms with Crippen LogP contribution in [0.3, 0.4) is 0 Å². The Hall–Kier alpha value is -3.29. The fourth-order valence-electron chi connectivity index (χ4n) is 6.31. The Morgan fingerprint density at radius 3 is 2.52 bits per heavy atom. The maximum atomic E-state index is 13.8. The summed E-state index contributed by atoms with van der Waals surface area (Å²) in [4.78, 5) is 26.4. The van der Waals surface area contributed by atoms with Gasteiger partial charge in [0.1, 0.15) is 11.6 Å². The van der Waals surface area contributed by atoms with Crippen LogP contribution < -0.4 is 5.69 Å². The molecule has 1 amide bonds. The zero-order chi connectivity index (χ0) is 22.9. The van der Waals surface area contributed by atoms with Gasteiger partial charge in [-0.3, -0.25) is 13.9 Å². The lowest BCUT2D eigenvalue weighted by Crippen LogP contribution is -2.37. The predicted molar refractivity (Wildman–Crippen MR) is 119 cm³/mol. The molecule has 3 fully saturated rings. The standard InChI is InChI=1S/C25H24F2N4O2/c1-29-21-4-2-3-5-22(21)30(24(29)33)14-25-11-16(12-25)19(13-25)23(32)31-20(6-7-28-31)15-8-17(26)10-18(27)9-15/h2-5,7-10,16,19-20H,6,11-14H2,1H3/t16?,19-,20?,25?/m0/s1. The van der Waals surface area contributed by atoms with Gasteiger partial charge in [0.2, 0.25) is 5.91 Å². The van der Waals surface area contributed by atoms with Gasteiger partial charge < -0.3 is 0 Å². The number of halogens is 2. The van der Waals surface area contributed by atoms with Gasteiger partial charge in [0.05, 0.1) is 17.1 Å². The number of hydrogen-bond donors (Lipinski definition) is 0. The molecule has 1 aliphatic heterocycles. The van der Waals surface area contributed by atoms with Crippen molar-refractivity contribution in [2.75, 3.05) is 0 Å². The van der Waals surface area contributed by atoms with Crippen LogP contribution >= 0.6 is 0 Å². The van der Waals surface area contributed by atoms with E-state index >= 15 is 0 Å². The van der Waals surface area contributed by atoms with Crippen LogP contribution in [0.4, 0.5) is 8.78 Å². The van der Waals surface area contributed by atoms with E-state index in [1.54, 1.807) is 17.8 Å². The first kappa shape index (κ1) is 20.3. The summed E-state index contributed by atoms with van der Waals surface area (Å²) >= 11 is 0. The summed E-state index contributed by atoms with van der Waals surface area (Å²) in [6.07, 6.45) is 4.56. The van der Waals surface area contributed by atoms with Crippen LogP contribution in [0.5, 0.6) is 0 Å². The Labute approximate surface area is 189 Å². The topological polar surface area (TPSA) is 59.6 Å². The molecule has 0 saturated heterocycles. The number of benzene rings is 2. The number of fused-ring (bicyclic) bond motifs is 2. The summed E-state index contributed by atoms with van der Waals surface area (Å²) in [6, 6.07) is 10.6. The third-order valence-corrected chi connectivity index (χ3v) is 7.80. The van der Waals surface area contributed by atoms with E-state index < -0.39 is 17.7 Å². The maximum absolute atomic E-state index is 13.8. The molecule has 2 atom stereocenters. The van der Waals surface area contributed by atoms with Gasteiger partial charge in [-0.05, 0) is 60.4 Å². The lowest BCUT2D eigenvalue weighted by atomic mass is 9.69. The van der Waals surface area contributed by atoms with Crippen molar-refractivity contribution < 1.29 is 13.6 Å². The van der Waals surface area contributed by atoms with Gasteiger partial charge in [-0.1, -0.05) is 12.1 Å². The number of rotatable bonds is 4. The van der Waals surface area contributed by atoms with Crippen molar-refractivity contribution in [2.24, 2.45) is 29.4 Å². The first-order valence-electron chi connectivity index (χ1n) is 11.3. The molecule has 7 rings (SSSR count). The largest absolute Gasteiger partial charge is 0.328 e. The Morgan fingerprint density at radius 2 is 1.79 bits per heavy atom. The average Bonchev–Trinajstić information content (AvgIpc) is 3.52. The number of carbonyl (C=O) groups is 1. The Kier molecular flexibility index (Phi) is 4.38. The lowest BCUT2D eigenvalue weighted by molar-refractivity contribution is -0.138. The van der Waals surface area contributed by atoms with Gasteiger partial charge in [-0.25, -0.2) is 18.6 Å². The van der Waals surface area contributed by atoms with Crippen molar-refractivity contribution >= 4 is 23.2 Å².